The van der Waals surface area contributed by atoms with Crippen LogP contribution in [0.1, 0.15) is 41.1 Å². The van der Waals surface area contributed by atoms with Gasteiger partial charge >= 0.3 is 6.03 Å². The van der Waals surface area contributed by atoms with E-state index >= 15 is 0 Å². The van der Waals surface area contributed by atoms with Crippen LogP contribution in [0.2, 0.25) is 0 Å². The van der Waals surface area contributed by atoms with Crippen molar-refractivity contribution < 1.29 is 9.90 Å². The Balaban J connectivity index is 1.46. The molecule has 6 heteroatoms. The highest BCUT2D eigenvalue weighted by Crippen LogP contribution is 2.41. The molecule has 0 aliphatic heterocycles. The Bertz CT molecular complexity index is 700. The summed E-state index contributed by atoms with van der Waals surface area (Å²) in [6, 6.07) is 7.26. The minimum atomic E-state index is -0.572. The second kappa shape index (κ2) is 5.94. The fourth-order valence-electron chi connectivity index (χ4n) is 3.27. The summed E-state index contributed by atoms with van der Waals surface area (Å²) < 4.78 is 0. The highest BCUT2D eigenvalue weighted by Gasteiger charge is 2.37. The first-order valence-electron chi connectivity index (χ1n) is 7.94. The van der Waals surface area contributed by atoms with E-state index in [1.54, 1.807) is 17.5 Å². The number of amides is 2. The zero-order valence-electron chi connectivity index (χ0n) is 12.6. The SMILES string of the molecule is O=C(NC1c2ccccc2CC1O)NC(c1nccs1)C1CC1. The summed E-state index contributed by atoms with van der Waals surface area (Å²) in [5.74, 6) is 0.479. The minimum absolute atomic E-state index is 0.0243. The molecular weight excluding hydrogens is 310 g/mol. The lowest BCUT2D eigenvalue weighted by Gasteiger charge is -2.21. The zero-order chi connectivity index (χ0) is 15.8. The monoisotopic (exact) mass is 329 g/mol. The van der Waals surface area contributed by atoms with Crippen molar-refractivity contribution in [1.29, 1.82) is 0 Å². The van der Waals surface area contributed by atoms with E-state index in [-0.39, 0.29) is 18.1 Å². The number of hydrogen-bond acceptors (Lipinski definition) is 4. The van der Waals surface area contributed by atoms with Crippen LogP contribution in [0.25, 0.3) is 0 Å². The number of thiazole rings is 1. The summed E-state index contributed by atoms with van der Waals surface area (Å²) in [6.45, 7) is 0. The Hall–Kier alpha value is -1.92. The molecule has 23 heavy (non-hydrogen) atoms. The maximum Gasteiger partial charge on any atom is 0.315 e. The number of aliphatic hydroxyl groups is 1. The van der Waals surface area contributed by atoms with Gasteiger partial charge in [0.2, 0.25) is 0 Å². The van der Waals surface area contributed by atoms with Crippen LogP contribution in [-0.2, 0) is 6.42 Å². The molecule has 1 aromatic heterocycles. The van der Waals surface area contributed by atoms with Crippen molar-refractivity contribution in [2.75, 3.05) is 0 Å². The summed E-state index contributed by atoms with van der Waals surface area (Å²) >= 11 is 1.57. The van der Waals surface area contributed by atoms with Gasteiger partial charge in [-0.15, -0.1) is 11.3 Å². The number of fused-ring (bicyclic) bond motifs is 1. The molecule has 1 heterocycles. The van der Waals surface area contributed by atoms with Crippen LogP contribution in [0, 0.1) is 5.92 Å². The molecule has 3 N–H and O–H groups in total. The number of benzene rings is 1. The summed E-state index contributed by atoms with van der Waals surface area (Å²) in [5, 5.41) is 19.1. The number of nitrogens with zero attached hydrogens (tertiary/aromatic N) is 1. The van der Waals surface area contributed by atoms with Crippen LogP contribution < -0.4 is 10.6 Å². The van der Waals surface area contributed by atoms with E-state index in [1.807, 2.05) is 29.6 Å². The standard InChI is InChI=1S/C17H19N3O2S/c21-13-9-11-3-1-2-4-12(11)15(13)20-17(22)19-14(10-5-6-10)16-18-7-8-23-16/h1-4,7-8,10,13-15,21H,5-6,9H2,(H2,19,20,22). The van der Waals surface area contributed by atoms with Crippen molar-refractivity contribution >= 4 is 17.4 Å². The van der Waals surface area contributed by atoms with Crippen molar-refractivity contribution in [3.05, 3.63) is 52.0 Å². The van der Waals surface area contributed by atoms with E-state index in [1.165, 1.54) is 0 Å². The van der Waals surface area contributed by atoms with E-state index in [4.69, 9.17) is 0 Å². The predicted molar refractivity (Wildman–Crippen MR) is 88.1 cm³/mol. The Morgan fingerprint density at radius 3 is 2.91 bits per heavy atom. The first kappa shape index (κ1) is 14.7. The summed E-state index contributed by atoms with van der Waals surface area (Å²) in [5.41, 5.74) is 2.11. The Morgan fingerprint density at radius 2 is 2.17 bits per heavy atom. The lowest BCUT2D eigenvalue weighted by molar-refractivity contribution is 0.141. The van der Waals surface area contributed by atoms with Crippen molar-refractivity contribution in [3.63, 3.8) is 0 Å². The van der Waals surface area contributed by atoms with Crippen LogP contribution in [0.4, 0.5) is 4.79 Å². The van der Waals surface area contributed by atoms with Crippen LogP contribution in [0.3, 0.4) is 0 Å². The highest BCUT2D eigenvalue weighted by molar-refractivity contribution is 7.09. The van der Waals surface area contributed by atoms with Crippen LogP contribution >= 0.6 is 11.3 Å². The molecule has 0 spiro atoms. The lowest BCUT2D eigenvalue weighted by Crippen LogP contribution is -2.42. The lowest BCUT2D eigenvalue weighted by atomic mass is 10.1. The third-order valence-electron chi connectivity index (χ3n) is 4.59. The normalized spacial score (nSPS) is 24.0. The van der Waals surface area contributed by atoms with Gasteiger partial charge in [-0.25, -0.2) is 9.78 Å². The topological polar surface area (TPSA) is 74.2 Å². The number of carbonyl (C=O) groups is 1. The van der Waals surface area contributed by atoms with Crippen molar-refractivity contribution in [2.45, 2.75) is 37.5 Å². The molecule has 1 fully saturated rings. The first-order chi connectivity index (χ1) is 11.2. The van der Waals surface area contributed by atoms with Gasteiger partial charge < -0.3 is 15.7 Å². The van der Waals surface area contributed by atoms with Gasteiger partial charge in [0.25, 0.3) is 0 Å². The van der Waals surface area contributed by atoms with Crippen molar-refractivity contribution in [3.8, 4) is 0 Å². The van der Waals surface area contributed by atoms with Gasteiger partial charge in [0.05, 0.1) is 18.2 Å². The van der Waals surface area contributed by atoms with E-state index in [0.29, 0.717) is 12.3 Å². The van der Waals surface area contributed by atoms with Crippen LogP contribution in [0.5, 0.6) is 0 Å². The average molecular weight is 329 g/mol. The smallest absolute Gasteiger partial charge is 0.315 e. The highest BCUT2D eigenvalue weighted by atomic mass is 32.1. The molecule has 3 atom stereocenters. The number of aromatic nitrogens is 1. The van der Waals surface area contributed by atoms with Crippen molar-refractivity contribution in [1.82, 2.24) is 15.6 Å². The molecule has 2 aliphatic carbocycles. The predicted octanol–water partition coefficient (Wildman–Crippen LogP) is 2.55. The molecule has 2 aliphatic rings. The van der Waals surface area contributed by atoms with Gasteiger partial charge in [-0.2, -0.15) is 0 Å². The minimum Gasteiger partial charge on any atom is -0.390 e. The third-order valence-corrected chi connectivity index (χ3v) is 5.45. The van der Waals surface area contributed by atoms with Gasteiger partial charge in [0.1, 0.15) is 5.01 Å². The number of rotatable bonds is 4. The third kappa shape index (κ3) is 2.96. The van der Waals surface area contributed by atoms with Crippen LogP contribution in [-0.4, -0.2) is 22.2 Å². The molecular formula is C17H19N3O2S. The van der Waals surface area contributed by atoms with E-state index in [9.17, 15) is 9.90 Å². The van der Waals surface area contributed by atoms with Gasteiger partial charge in [0.15, 0.2) is 0 Å². The molecule has 2 aromatic rings. The summed E-state index contributed by atoms with van der Waals surface area (Å²) in [4.78, 5) is 16.8. The molecule has 5 nitrogen and oxygen atoms in total. The fraction of sp³-hybridized carbons (Fsp3) is 0.412. The number of urea groups is 1. The van der Waals surface area contributed by atoms with E-state index in [2.05, 4.69) is 15.6 Å². The molecule has 0 saturated heterocycles. The van der Waals surface area contributed by atoms with E-state index in [0.717, 1.165) is 29.0 Å². The molecule has 0 radical (unpaired) electrons. The molecule has 1 saturated carbocycles. The molecule has 0 bridgehead atoms. The second-order valence-electron chi connectivity index (χ2n) is 6.25. The Morgan fingerprint density at radius 1 is 1.35 bits per heavy atom. The van der Waals surface area contributed by atoms with E-state index < -0.39 is 6.10 Å². The quantitative estimate of drug-likeness (QED) is 0.807. The van der Waals surface area contributed by atoms with Gasteiger partial charge in [-0.05, 0) is 29.9 Å². The van der Waals surface area contributed by atoms with Gasteiger partial charge in [-0.1, -0.05) is 24.3 Å². The van der Waals surface area contributed by atoms with Crippen LogP contribution in [0.15, 0.2) is 35.8 Å². The Kier molecular flexibility index (Phi) is 3.79. The number of carbonyl (C=O) groups excluding carboxylic acids is 1. The average Bonchev–Trinajstić information content (AvgIpc) is 3.15. The van der Waals surface area contributed by atoms with Crippen molar-refractivity contribution in [2.24, 2.45) is 5.92 Å². The number of nitrogens with one attached hydrogen (secondary N) is 2. The first-order valence-corrected chi connectivity index (χ1v) is 8.82. The summed E-state index contributed by atoms with van der Waals surface area (Å²) in [6.07, 6.45) is 4.03. The molecule has 2 amide bonds. The molecule has 4 rings (SSSR count). The fourth-order valence-corrected chi connectivity index (χ4v) is 4.05. The zero-order valence-corrected chi connectivity index (χ0v) is 13.4. The Labute approximate surface area is 138 Å². The van der Waals surface area contributed by atoms with Gasteiger partial charge in [0, 0.05) is 18.0 Å². The number of hydrogen-bond donors (Lipinski definition) is 3. The maximum absolute atomic E-state index is 12.4. The molecule has 120 valence electrons. The maximum atomic E-state index is 12.4. The number of aliphatic hydroxyl groups excluding tert-OH is 1. The largest absolute Gasteiger partial charge is 0.390 e. The second-order valence-corrected chi connectivity index (χ2v) is 7.18. The molecule has 1 aromatic carbocycles. The molecule has 3 unspecified atom stereocenters. The van der Waals surface area contributed by atoms with Gasteiger partial charge in [-0.3, -0.25) is 0 Å². The summed E-state index contributed by atoms with van der Waals surface area (Å²) in [7, 11) is 0.